The minimum atomic E-state index is 0.217. The number of nitrogens with one attached hydrogen (secondary N) is 1. The third kappa shape index (κ3) is 4.10. The average Bonchev–Trinajstić information content (AvgIpc) is 2.66. The lowest BCUT2D eigenvalue weighted by Gasteiger charge is -2.10. The largest absolute Gasteiger partial charge is 0.491 e. The summed E-state index contributed by atoms with van der Waals surface area (Å²) in [7, 11) is 0. The van der Waals surface area contributed by atoms with Crippen LogP contribution in [0.15, 0.2) is 28.9 Å². The molecular weight excluding hydrogens is 304 g/mol. The highest BCUT2D eigenvalue weighted by molar-refractivity contribution is 9.10. The van der Waals surface area contributed by atoms with Crippen LogP contribution in [0.1, 0.15) is 30.9 Å². The molecule has 0 atom stereocenters. The van der Waals surface area contributed by atoms with Crippen LogP contribution in [0.3, 0.4) is 0 Å². The molecule has 0 fully saturated rings. The molecule has 4 heteroatoms. The molecular formula is C15H19BrN2O. The molecule has 0 saturated heterocycles. The number of benzene rings is 1. The second-order valence-corrected chi connectivity index (χ2v) is 5.65. The number of hydrogen-bond donors (Lipinski definition) is 1. The number of aromatic amines is 1. The predicted molar refractivity (Wildman–Crippen MR) is 80.6 cm³/mol. The monoisotopic (exact) mass is 322 g/mol. The zero-order valence-corrected chi connectivity index (χ0v) is 13.1. The van der Waals surface area contributed by atoms with E-state index in [-0.39, 0.29) is 6.10 Å². The van der Waals surface area contributed by atoms with Crippen molar-refractivity contribution >= 4 is 15.9 Å². The van der Waals surface area contributed by atoms with Crippen LogP contribution < -0.4 is 4.74 Å². The lowest BCUT2D eigenvalue weighted by atomic mass is 10.1. The molecule has 1 N–H and O–H groups in total. The summed E-state index contributed by atoms with van der Waals surface area (Å²) >= 11 is 3.47. The van der Waals surface area contributed by atoms with E-state index in [2.05, 4.69) is 38.0 Å². The highest BCUT2D eigenvalue weighted by Crippen LogP contribution is 2.18. The summed E-state index contributed by atoms with van der Waals surface area (Å²) < 4.78 is 6.55. The Morgan fingerprint density at radius 1 is 1.21 bits per heavy atom. The zero-order valence-electron chi connectivity index (χ0n) is 11.5. The second-order valence-electron chi connectivity index (χ2n) is 4.90. The van der Waals surface area contributed by atoms with Gasteiger partial charge in [-0.15, -0.1) is 0 Å². The van der Waals surface area contributed by atoms with Crippen molar-refractivity contribution in [2.75, 3.05) is 0 Å². The molecule has 2 rings (SSSR count). The van der Waals surface area contributed by atoms with E-state index in [1.807, 2.05) is 32.9 Å². The van der Waals surface area contributed by atoms with Crippen molar-refractivity contribution in [3.63, 3.8) is 0 Å². The van der Waals surface area contributed by atoms with Crippen molar-refractivity contribution in [1.82, 2.24) is 9.97 Å². The SMILES string of the molecule is Cc1nc(Br)c(CCc2ccc(OC(C)C)cc2)[nH]1. The molecule has 2 aromatic rings. The van der Waals surface area contributed by atoms with E-state index in [1.54, 1.807) is 0 Å². The van der Waals surface area contributed by atoms with Crippen molar-refractivity contribution in [3.05, 3.63) is 46.0 Å². The molecule has 0 aliphatic rings. The van der Waals surface area contributed by atoms with E-state index in [4.69, 9.17) is 4.74 Å². The molecule has 0 aliphatic heterocycles. The molecule has 19 heavy (non-hydrogen) atoms. The second kappa shape index (κ2) is 6.24. The number of nitrogens with zero attached hydrogens (tertiary/aromatic N) is 1. The Hall–Kier alpha value is -1.29. The predicted octanol–water partition coefficient (Wildman–Crippen LogP) is 4.05. The Kier molecular flexibility index (Phi) is 4.64. The number of rotatable bonds is 5. The molecule has 1 aromatic heterocycles. The molecule has 3 nitrogen and oxygen atoms in total. The quantitative estimate of drug-likeness (QED) is 0.901. The average molecular weight is 323 g/mol. The maximum Gasteiger partial charge on any atom is 0.127 e. The summed E-state index contributed by atoms with van der Waals surface area (Å²) in [6.07, 6.45) is 2.16. The van der Waals surface area contributed by atoms with Crippen LogP contribution in [-0.2, 0) is 12.8 Å². The number of imidazole rings is 1. The van der Waals surface area contributed by atoms with E-state index in [9.17, 15) is 0 Å². The summed E-state index contributed by atoms with van der Waals surface area (Å²) in [5.41, 5.74) is 2.45. The first kappa shape index (κ1) is 14.1. The van der Waals surface area contributed by atoms with Crippen LogP contribution in [0.25, 0.3) is 0 Å². The fourth-order valence-electron chi connectivity index (χ4n) is 1.95. The van der Waals surface area contributed by atoms with Crippen molar-refractivity contribution < 1.29 is 4.74 Å². The highest BCUT2D eigenvalue weighted by atomic mass is 79.9. The van der Waals surface area contributed by atoms with Gasteiger partial charge in [-0.1, -0.05) is 12.1 Å². The first-order chi connectivity index (χ1) is 9.04. The first-order valence-electron chi connectivity index (χ1n) is 6.51. The Morgan fingerprint density at radius 2 is 1.89 bits per heavy atom. The lowest BCUT2D eigenvalue weighted by molar-refractivity contribution is 0.242. The van der Waals surface area contributed by atoms with Crippen molar-refractivity contribution in [3.8, 4) is 5.75 Å². The van der Waals surface area contributed by atoms with Crippen LogP contribution in [0.2, 0.25) is 0 Å². The fourth-order valence-corrected chi connectivity index (χ4v) is 2.52. The maximum absolute atomic E-state index is 5.63. The number of aryl methyl sites for hydroxylation is 3. The van der Waals surface area contributed by atoms with Gasteiger partial charge in [-0.2, -0.15) is 0 Å². The first-order valence-corrected chi connectivity index (χ1v) is 7.30. The van der Waals surface area contributed by atoms with Crippen molar-refractivity contribution in [2.45, 2.75) is 39.7 Å². The molecule has 0 unspecified atom stereocenters. The van der Waals surface area contributed by atoms with Gasteiger partial charge in [-0.05, 0) is 67.2 Å². The Bertz CT molecular complexity index is 532. The standard InChI is InChI=1S/C15H19BrN2O/c1-10(2)19-13-7-4-12(5-8-13)6-9-14-15(16)18-11(3)17-14/h4-5,7-8,10H,6,9H2,1-3H3,(H,17,18). The fraction of sp³-hybridized carbons (Fsp3) is 0.400. The van der Waals surface area contributed by atoms with Crippen LogP contribution in [-0.4, -0.2) is 16.1 Å². The number of aromatic nitrogens is 2. The van der Waals surface area contributed by atoms with Gasteiger partial charge in [0.2, 0.25) is 0 Å². The van der Waals surface area contributed by atoms with Crippen LogP contribution in [0.5, 0.6) is 5.75 Å². The van der Waals surface area contributed by atoms with Crippen LogP contribution in [0, 0.1) is 6.92 Å². The van der Waals surface area contributed by atoms with Gasteiger partial charge in [0.25, 0.3) is 0 Å². The van der Waals surface area contributed by atoms with Crippen LogP contribution in [0.4, 0.5) is 0 Å². The normalized spacial score (nSPS) is 11.0. The maximum atomic E-state index is 5.63. The summed E-state index contributed by atoms with van der Waals surface area (Å²) in [6, 6.07) is 8.30. The summed E-state index contributed by atoms with van der Waals surface area (Å²) in [4.78, 5) is 7.58. The zero-order chi connectivity index (χ0) is 13.8. The third-order valence-corrected chi connectivity index (χ3v) is 3.46. The van der Waals surface area contributed by atoms with Gasteiger partial charge in [0.05, 0.1) is 6.10 Å². The Morgan fingerprint density at radius 3 is 2.42 bits per heavy atom. The number of ether oxygens (including phenoxy) is 1. The van der Waals surface area contributed by atoms with E-state index in [0.717, 1.165) is 34.7 Å². The van der Waals surface area contributed by atoms with E-state index >= 15 is 0 Å². The van der Waals surface area contributed by atoms with Crippen molar-refractivity contribution in [1.29, 1.82) is 0 Å². The van der Waals surface area contributed by atoms with Gasteiger partial charge >= 0.3 is 0 Å². The highest BCUT2D eigenvalue weighted by Gasteiger charge is 2.05. The Balaban J connectivity index is 1.94. The molecule has 0 spiro atoms. The van der Waals surface area contributed by atoms with Crippen molar-refractivity contribution in [2.24, 2.45) is 0 Å². The summed E-state index contributed by atoms with van der Waals surface area (Å²) in [5.74, 6) is 1.87. The summed E-state index contributed by atoms with van der Waals surface area (Å²) in [5, 5.41) is 0. The molecule has 0 saturated carbocycles. The minimum absolute atomic E-state index is 0.217. The van der Waals surface area contributed by atoms with Gasteiger partial charge in [0, 0.05) is 5.69 Å². The van der Waals surface area contributed by atoms with Gasteiger partial charge in [0.1, 0.15) is 16.2 Å². The molecule has 0 radical (unpaired) electrons. The molecule has 1 heterocycles. The van der Waals surface area contributed by atoms with E-state index in [1.165, 1.54) is 5.56 Å². The lowest BCUT2D eigenvalue weighted by Crippen LogP contribution is -2.05. The van der Waals surface area contributed by atoms with E-state index in [0.29, 0.717) is 0 Å². The molecule has 102 valence electrons. The number of H-pyrrole nitrogens is 1. The topological polar surface area (TPSA) is 37.9 Å². The molecule has 1 aromatic carbocycles. The molecule has 0 amide bonds. The third-order valence-electron chi connectivity index (χ3n) is 2.81. The number of hydrogen-bond acceptors (Lipinski definition) is 2. The van der Waals surface area contributed by atoms with Crippen LogP contribution >= 0.6 is 15.9 Å². The van der Waals surface area contributed by atoms with Gasteiger partial charge < -0.3 is 9.72 Å². The smallest absolute Gasteiger partial charge is 0.127 e. The van der Waals surface area contributed by atoms with Gasteiger partial charge in [0.15, 0.2) is 0 Å². The summed E-state index contributed by atoms with van der Waals surface area (Å²) in [6.45, 7) is 6.03. The van der Waals surface area contributed by atoms with Gasteiger partial charge in [-0.3, -0.25) is 0 Å². The molecule has 0 bridgehead atoms. The minimum Gasteiger partial charge on any atom is -0.491 e. The van der Waals surface area contributed by atoms with Gasteiger partial charge in [-0.25, -0.2) is 4.98 Å². The molecule has 0 aliphatic carbocycles. The number of halogens is 1. The Labute approximate surface area is 122 Å². The van der Waals surface area contributed by atoms with E-state index < -0.39 is 0 Å².